The second-order valence-corrected chi connectivity index (χ2v) is 5.90. The third kappa shape index (κ3) is 3.47. The Morgan fingerprint density at radius 2 is 1.86 bits per heavy atom. The molecule has 2 aromatic rings. The Bertz CT molecular complexity index is 672. The summed E-state index contributed by atoms with van der Waals surface area (Å²) < 4.78 is 0. The van der Waals surface area contributed by atoms with Gasteiger partial charge in [0.1, 0.15) is 0 Å². The summed E-state index contributed by atoms with van der Waals surface area (Å²) in [7, 11) is 0. The highest BCUT2D eigenvalue weighted by molar-refractivity contribution is 6.35. The average molecular weight is 307 g/mol. The van der Waals surface area contributed by atoms with Crippen molar-refractivity contribution in [2.24, 2.45) is 0 Å². The Balaban J connectivity index is 2.47. The van der Waals surface area contributed by atoms with Crippen LogP contribution < -0.4 is 5.43 Å². The lowest BCUT2D eigenvalue weighted by Crippen LogP contribution is -2.29. The predicted octanol–water partition coefficient (Wildman–Crippen LogP) is 4.11. The number of rotatable bonds is 6. The van der Waals surface area contributed by atoms with Gasteiger partial charge in [0.25, 0.3) is 0 Å². The monoisotopic (exact) mass is 306 g/mol. The fourth-order valence-electron chi connectivity index (χ4n) is 2.75. The van der Waals surface area contributed by atoms with Crippen molar-refractivity contribution in [2.45, 2.75) is 40.2 Å². The Kier molecular flexibility index (Phi) is 5.43. The first-order valence-electron chi connectivity index (χ1n) is 7.60. The van der Waals surface area contributed by atoms with E-state index in [-0.39, 0.29) is 5.43 Å². The van der Waals surface area contributed by atoms with Crippen molar-refractivity contribution in [3.63, 3.8) is 0 Å². The van der Waals surface area contributed by atoms with Crippen LogP contribution in [0.3, 0.4) is 0 Å². The second-order valence-electron chi connectivity index (χ2n) is 5.50. The summed E-state index contributed by atoms with van der Waals surface area (Å²) in [4.78, 5) is 18.4. The SMILES string of the molecule is CCCN(CCC)Cc1c(C)[nH]c2c(Cl)cccc2c1=O. The molecule has 0 unspecified atom stereocenters. The molecule has 1 N–H and O–H groups in total. The molecule has 0 aliphatic carbocycles. The highest BCUT2D eigenvalue weighted by atomic mass is 35.5. The molecule has 3 nitrogen and oxygen atoms in total. The fraction of sp³-hybridized carbons (Fsp3) is 0.471. The zero-order chi connectivity index (χ0) is 15.4. The first-order valence-corrected chi connectivity index (χ1v) is 7.98. The molecule has 0 saturated carbocycles. The van der Waals surface area contributed by atoms with Gasteiger partial charge in [-0.3, -0.25) is 9.69 Å². The van der Waals surface area contributed by atoms with E-state index in [9.17, 15) is 4.79 Å². The summed E-state index contributed by atoms with van der Waals surface area (Å²) in [5.74, 6) is 0. The van der Waals surface area contributed by atoms with E-state index in [0.29, 0.717) is 17.0 Å². The van der Waals surface area contributed by atoms with Gasteiger partial charge in [-0.25, -0.2) is 0 Å². The summed E-state index contributed by atoms with van der Waals surface area (Å²) in [5.41, 5.74) is 2.60. The lowest BCUT2D eigenvalue weighted by atomic mass is 10.1. The number of hydrogen-bond donors (Lipinski definition) is 1. The molecule has 114 valence electrons. The van der Waals surface area contributed by atoms with E-state index in [1.165, 1.54) is 0 Å². The number of benzene rings is 1. The maximum atomic E-state index is 12.7. The van der Waals surface area contributed by atoms with Crippen molar-refractivity contribution in [3.05, 3.63) is 44.7 Å². The number of H-pyrrole nitrogens is 1. The van der Waals surface area contributed by atoms with Gasteiger partial charge in [0, 0.05) is 23.2 Å². The summed E-state index contributed by atoms with van der Waals surface area (Å²) in [6.45, 7) is 9.02. The number of aryl methyl sites for hydroxylation is 1. The molecule has 1 aromatic carbocycles. The maximum Gasteiger partial charge on any atom is 0.194 e. The molecule has 0 fully saturated rings. The second kappa shape index (κ2) is 7.10. The Hall–Kier alpha value is -1.32. The Morgan fingerprint density at radius 1 is 1.19 bits per heavy atom. The first-order chi connectivity index (χ1) is 10.1. The molecule has 1 heterocycles. The molecule has 2 rings (SSSR count). The number of fused-ring (bicyclic) bond motifs is 1. The molecular formula is C17H23ClN2O. The molecule has 0 radical (unpaired) electrons. The van der Waals surface area contributed by atoms with Gasteiger partial charge in [0.15, 0.2) is 5.43 Å². The van der Waals surface area contributed by atoms with Crippen LogP contribution in [0.1, 0.15) is 37.9 Å². The van der Waals surface area contributed by atoms with Crippen molar-refractivity contribution >= 4 is 22.5 Å². The van der Waals surface area contributed by atoms with E-state index in [1.54, 1.807) is 6.07 Å². The molecule has 0 amide bonds. The zero-order valence-electron chi connectivity index (χ0n) is 13.0. The molecule has 0 spiro atoms. The summed E-state index contributed by atoms with van der Waals surface area (Å²) in [6, 6.07) is 5.47. The molecule has 1 aromatic heterocycles. The van der Waals surface area contributed by atoms with Gasteiger partial charge in [-0.15, -0.1) is 0 Å². The van der Waals surface area contributed by atoms with Crippen LogP contribution in [0.15, 0.2) is 23.0 Å². The third-order valence-corrected chi connectivity index (χ3v) is 4.07. The third-order valence-electron chi connectivity index (χ3n) is 3.76. The van der Waals surface area contributed by atoms with Crippen molar-refractivity contribution in [3.8, 4) is 0 Å². The smallest absolute Gasteiger partial charge is 0.194 e. The largest absolute Gasteiger partial charge is 0.357 e. The fourth-order valence-corrected chi connectivity index (χ4v) is 2.97. The van der Waals surface area contributed by atoms with Gasteiger partial charge in [-0.1, -0.05) is 31.5 Å². The minimum Gasteiger partial charge on any atom is -0.357 e. The minimum atomic E-state index is 0.0981. The van der Waals surface area contributed by atoms with Crippen LogP contribution in [-0.4, -0.2) is 23.0 Å². The predicted molar refractivity (Wildman–Crippen MR) is 90.2 cm³/mol. The highest BCUT2D eigenvalue weighted by Gasteiger charge is 2.14. The average Bonchev–Trinajstić information content (AvgIpc) is 2.45. The molecule has 0 aliphatic heterocycles. The Morgan fingerprint density at radius 3 is 2.48 bits per heavy atom. The number of para-hydroxylation sites is 1. The van der Waals surface area contributed by atoms with Crippen molar-refractivity contribution in [1.82, 2.24) is 9.88 Å². The van der Waals surface area contributed by atoms with Crippen molar-refractivity contribution in [2.75, 3.05) is 13.1 Å². The summed E-state index contributed by atoms with van der Waals surface area (Å²) in [5, 5.41) is 1.27. The van der Waals surface area contributed by atoms with Gasteiger partial charge < -0.3 is 4.98 Å². The number of nitrogens with zero attached hydrogens (tertiary/aromatic N) is 1. The molecule has 21 heavy (non-hydrogen) atoms. The topological polar surface area (TPSA) is 36.1 Å². The highest BCUT2D eigenvalue weighted by Crippen LogP contribution is 2.20. The number of aromatic amines is 1. The molecule has 4 heteroatoms. The van der Waals surface area contributed by atoms with Crippen LogP contribution in [0.25, 0.3) is 10.9 Å². The molecule has 0 aliphatic rings. The summed E-state index contributed by atoms with van der Waals surface area (Å²) in [6.07, 6.45) is 2.19. The molecular weight excluding hydrogens is 284 g/mol. The number of pyridine rings is 1. The van der Waals surface area contributed by atoms with Crippen LogP contribution in [-0.2, 0) is 6.54 Å². The van der Waals surface area contributed by atoms with E-state index in [2.05, 4.69) is 23.7 Å². The van der Waals surface area contributed by atoms with E-state index in [0.717, 1.165) is 42.7 Å². The van der Waals surface area contributed by atoms with Gasteiger partial charge in [0.05, 0.1) is 10.5 Å². The van der Waals surface area contributed by atoms with Crippen LogP contribution in [0.5, 0.6) is 0 Å². The lowest BCUT2D eigenvalue weighted by molar-refractivity contribution is 0.265. The maximum absolute atomic E-state index is 12.7. The van der Waals surface area contributed by atoms with Crippen molar-refractivity contribution in [1.29, 1.82) is 0 Å². The van der Waals surface area contributed by atoms with E-state index < -0.39 is 0 Å². The van der Waals surface area contributed by atoms with Gasteiger partial charge >= 0.3 is 0 Å². The summed E-state index contributed by atoms with van der Waals surface area (Å²) >= 11 is 6.18. The Labute approximate surface area is 130 Å². The van der Waals surface area contributed by atoms with Gasteiger partial charge in [-0.2, -0.15) is 0 Å². The number of hydrogen-bond acceptors (Lipinski definition) is 2. The van der Waals surface area contributed by atoms with Crippen LogP contribution in [0.2, 0.25) is 5.02 Å². The molecule has 0 saturated heterocycles. The lowest BCUT2D eigenvalue weighted by Gasteiger charge is -2.21. The quantitative estimate of drug-likeness (QED) is 0.871. The van der Waals surface area contributed by atoms with Crippen LogP contribution in [0.4, 0.5) is 0 Å². The normalized spacial score (nSPS) is 11.5. The number of aromatic nitrogens is 1. The van der Waals surface area contributed by atoms with Gasteiger partial charge in [-0.05, 0) is 45.0 Å². The van der Waals surface area contributed by atoms with Gasteiger partial charge in [0.2, 0.25) is 0 Å². The molecule has 0 atom stereocenters. The van der Waals surface area contributed by atoms with E-state index >= 15 is 0 Å². The number of nitrogens with one attached hydrogen (secondary N) is 1. The van der Waals surface area contributed by atoms with Crippen LogP contribution >= 0.6 is 11.6 Å². The zero-order valence-corrected chi connectivity index (χ0v) is 13.8. The number of halogens is 1. The van der Waals surface area contributed by atoms with Crippen molar-refractivity contribution < 1.29 is 0 Å². The molecule has 0 bridgehead atoms. The van der Waals surface area contributed by atoms with Crippen LogP contribution in [0, 0.1) is 6.92 Å². The minimum absolute atomic E-state index is 0.0981. The first kappa shape index (κ1) is 16.1. The van der Waals surface area contributed by atoms with E-state index in [4.69, 9.17) is 11.6 Å². The van der Waals surface area contributed by atoms with E-state index in [1.807, 2.05) is 19.1 Å². The standard InChI is InChI=1S/C17H23ClN2O/c1-4-9-20(10-5-2)11-14-12(3)19-16-13(17(14)21)7-6-8-15(16)18/h6-8H,4-5,9-11H2,1-3H3,(H,19,21).